The quantitative estimate of drug-likeness (QED) is 0.743. The summed E-state index contributed by atoms with van der Waals surface area (Å²) in [5, 5.41) is 0. The molecule has 0 saturated heterocycles. The topological polar surface area (TPSA) is 9.23 Å². The van der Waals surface area contributed by atoms with E-state index in [0.717, 1.165) is 24.3 Å². The van der Waals surface area contributed by atoms with Gasteiger partial charge in [0.05, 0.1) is 7.11 Å². The van der Waals surface area contributed by atoms with Crippen LogP contribution in [0.25, 0.3) is 0 Å². The van der Waals surface area contributed by atoms with Gasteiger partial charge < -0.3 is 4.74 Å². The molecule has 1 aromatic carbocycles. The SMILES string of the molecule is COc1cccc(CC2(CCl)CC3CCC2C3)c1F. The van der Waals surface area contributed by atoms with E-state index in [1.165, 1.54) is 26.4 Å². The first kappa shape index (κ1) is 13.2. The van der Waals surface area contributed by atoms with Crippen molar-refractivity contribution in [1.82, 2.24) is 0 Å². The molecule has 3 heteroatoms. The molecule has 1 aromatic rings. The average Bonchev–Trinajstić information content (AvgIpc) is 3.02. The molecular weight excluding hydrogens is 263 g/mol. The highest BCUT2D eigenvalue weighted by Crippen LogP contribution is 2.58. The van der Waals surface area contributed by atoms with E-state index in [1.54, 1.807) is 6.07 Å². The molecule has 0 amide bonds. The lowest BCUT2D eigenvalue weighted by Crippen LogP contribution is -2.32. The fourth-order valence-corrected chi connectivity index (χ4v) is 4.64. The Labute approximate surface area is 119 Å². The van der Waals surface area contributed by atoms with Gasteiger partial charge in [0.1, 0.15) is 0 Å². The Morgan fingerprint density at radius 3 is 2.84 bits per heavy atom. The fraction of sp³-hybridized carbons (Fsp3) is 0.625. The van der Waals surface area contributed by atoms with E-state index >= 15 is 0 Å². The second-order valence-electron chi connectivity index (χ2n) is 6.19. The maximum absolute atomic E-state index is 14.3. The summed E-state index contributed by atoms with van der Waals surface area (Å²) in [5.74, 6) is 2.27. The molecule has 0 spiro atoms. The molecule has 3 unspecified atom stereocenters. The van der Waals surface area contributed by atoms with E-state index in [1.807, 2.05) is 12.1 Å². The van der Waals surface area contributed by atoms with E-state index in [-0.39, 0.29) is 11.2 Å². The minimum atomic E-state index is -0.211. The van der Waals surface area contributed by atoms with Gasteiger partial charge in [-0.1, -0.05) is 18.6 Å². The molecule has 0 N–H and O–H groups in total. The second-order valence-corrected chi connectivity index (χ2v) is 6.45. The Balaban J connectivity index is 1.88. The summed E-state index contributed by atoms with van der Waals surface area (Å²) in [6.45, 7) is 0. The van der Waals surface area contributed by atoms with Crippen LogP contribution in [0.1, 0.15) is 31.2 Å². The van der Waals surface area contributed by atoms with Crippen LogP contribution in [0, 0.1) is 23.1 Å². The molecule has 1 nitrogen and oxygen atoms in total. The molecule has 2 bridgehead atoms. The molecule has 2 aliphatic rings. The first-order chi connectivity index (χ1) is 9.18. The van der Waals surface area contributed by atoms with Crippen LogP contribution < -0.4 is 4.74 Å². The Morgan fingerprint density at radius 1 is 1.42 bits per heavy atom. The van der Waals surface area contributed by atoms with Crippen molar-refractivity contribution in [2.75, 3.05) is 13.0 Å². The molecule has 3 rings (SSSR count). The molecule has 0 aromatic heterocycles. The Bertz CT molecular complexity index is 476. The predicted molar refractivity (Wildman–Crippen MR) is 75.3 cm³/mol. The summed E-state index contributed by atoms with van der Waals surface area (Å²) in [7, 11) is 1.51. The van der Waals surface area contributed by atoms with Crippen LogP contribution in [0.4, 0.5) is 4.39 Å². The van der Waals surface area contributed by atoms with E-state index < -0.39 is 0 Å². The van der Waals surface area contributed by atoms with Crippen molar-refractivity contribution < 1.29 is 9.13 Å². The number of hydrogen-bond acceptors (Lipinski definition) is 1. The third kappa shape index (κ3) is 2.14. The van der Waals surface area contributed by atoms with Crippen LogP contribution >= 0.6 is 11.6 Å². The van der Waals surface area contributed by atoms with Crippen molar-refractivity contribution in [3.8, 4) is 5.75 Å². The smallest absolute Gasteiger partial charge is 0.168 e. The summed E-state index contributed by atoms with van der Waals surface area (Å²) in [6.07, 6.45) is 5.81. The molecule has 19 heavy (non-hydrogen) atoms. The van der Waals surface area contributed by atoms with Crippen molar-refractivity contribution in [3.63, 3.8) is 0 Å². The highest BCUT2D eigenvalue weighted by molar-refractivity contribution is 6.18. The van der Waals surface area contributed by atoms with Gasteiger partial charge in [0, 0.05) is 5.88 Å². The first-order valence-electron chi connectivity index (χ1n) is 7.06. The zero-order chi connectivity index (χ0) is 13.5. The van der Waals surface area contributed by atoms with Crippen molar-refractivity contribution in [3.05, 3.63) is 29.6 Å². The summed E-state index contributed by atoms with van der Waals surface area (Å²) < 4.78 is 19.4. The molecule has 104 valence electrons. The van der Waals surface area contributed by atoms with Gasteiger partial charge in [0.2, 0.25) is 0 Å². The Hall–Kier alpha value is -0.760. The lowest BCUT2D eigenvalue weighted by atomic mass is 9.70. The van der Waals surface area contributed by atoms with Gasteiger partial charge in [-0.05, 0) is 54.6 Å². The van der Waals surface area contributed by atoms with Crippen LogP contribution in [0.3, 0.4) is 0 Å². The zero-order valence-electron chi connectivity index (χ0n) is 11.3. The third-order valence-electron chi connectivity index (χ3n) is 5.17. The highest BCUT2D eigenvalue weighted by Gasteiger charge is 2.50. The van der Waals surface area contributed by atoms with Gasteiger partial charge in [-0.2, -0.15) is 0 Å². The molecule has 2 saturated carbocycles. The number of rotatable bonds is 4. The van der Waals surface area contributed by atoms with Crippen LogP contribution in [0.15, 0.2) is 18.2 Å². The maximum atomic E-state index is 14.3. The molecule has 0 heterocycles. The molecule has 2 aliphatic carbocycles. The molecular formula is C16H20ClFO. The lowest BCUT2D eigenvalue weighted by Gasteiger charge is -2.36. The third-order valence-corrected chi connectivity index (χ3v) is 5.71. The number of halogens is 2. The summed E-state index contributed by atoms with van der Waals surface area (Å²) >= 11 is 6.28. The van der Waals surface area contributed by atoms with Gasteiger partial charge in [0.25, 0.3) is 0 Å². The maximum Gasteiger partial charge on any atom is 0.168 e. The minimum absolute atomic E-state index is 0.109. The highest BCUT2D eigenvalue weighted by atomic mass is 35.5. The number of hydrogen-bond donors (Lipinski definition) is 0. The Morgan fingerprint density at radius 2 is 2.26 bits per heavy atom. The Kier molecular flexibility index (Phi) is 3.46. The summed E-state index contributed by atoms with van der Waals surface area (Å²) in [4.78, 5) is 0. The number of benzene rings is 1. The number of fused-ring (bicyclic) bond motifs is 2. The first-order valence-corrected chi connectivity index (χ1v) is 7.59. The van der Waals surface area contributed by atoms with Gasteiger partial charge in [-0.15, -0.1) is 11.6 Å². The molecule has 0 aliphatic heterocycles. The standard InChI is InChI=1S/C16H20ClFO/c1-19-14-4-2-3-12(15(14)18)9-16(10-17)8-11-5-6-13(16)7-11/h2-4,11,13H,5-10H2,1H3. The summed E-state index contributed by atoms with van der Waals surface area (Å²) in [5.41, 5.74) is 0.866. The fourth-order valence-electron chi connectivity index (χ4n) is 4.22. The van der Waals surface area contributed by atoms with Crippen molar-refractivity contribution in [2.45, 2.75) is 32.1 Å². The van der Waals surface area contributed by atoms with Crippen LogP contribution in [0.5, 0.6) is 5.75 Å². The van der Waals surface area contributed by atoms with Gasteiger partial charge in [-0.25, -0.2) is 4.39 Å². The summed E-state index contributed by atoms with van der Waals surface area (Å²) in [6, 6.07) is 5.41. The number of ether oxygens (including phenoxy) is 1. The number of methoxy groups -OCH3 is 1. The van der Waals surface area contributed by atoms with Gasteiger partial charge >= 0.3 is 0 Å². The molecule has 0 radical (unpaired) electrons. The van der Waals surface area contributed by atoms with Crippen LogP contribution in [-0.2, 0) is 6.42 Å². The number of alkyl halides is 1. The minimum Gasteiger partial charge on any atom is -0.494 e. The van der Waals surface area contributed by atoms with E-state index in [0.29, 0.717) is 17.5 Å². The van der Waals surface area contributed by atoms with Crippen LogP contribution in [-0.4, -0.2) is 13.0 Å². The predicted octanol–water partition coefficient (Wildman–Crippen LogP) is 4.42. The van der Waals surface area contributed by atoms with Crippen LogP contribution in [0.2, 0.25) is 0 Å². The van der Waals surface area contributed by atoms with Gasteiger partial charge in [0.15, 0.2) is 11.6 Å². The zero-order valence-corrected chi connectivity index (χ0v) is 12.0. The normalized spacial score (nSPS) is 32.8. The van der Waals surface area contributed by atoms with Crippen molar-refractivity contribution >= 4 is 11.6 Å². The van der Waals surface area contributed by atoms with E-state index in [9.17, 15) is 4.39 Å². The van der Waals surface area contributed by atoms with Crippen molar-refractivity contribution in [1.29, 1.82) is 0 Å². The largest absolute Gasteiger partial charge is 0.494 e. The molecule has 3 atom stereocenters. The van der Waals surface area contributed by atoms with E-state index in [4.69, 9.17) is 16.3 Å². The lowest BCUT2D eigenvalue weighted by molar-refractivity contribution is 0.191. The monoisotopic (exact) mass is 282 g/mol. The average molecular weight is 283 g/mol. The van der Waals surface area contributed by atoms with Crippen molar-refractivity contribution in [2.24, 2.45) is 17.3 Å². The second kappa shape index (κ2) is 4.97. The van der Waals surface area contributed by atoms with E-state index in [2.05, 4.69) is 0 Å². The van der Waals surface area contributed by atoms with Gasteiger partial charge in [-0.3, -0.25) is 0 Å². The molecule has 2 fully saturated rings.